The second-order valence-corrected chi connectivity index (χ2v) is 7.99. The van der Waals surface area contributed by atoms with E-state index in [0.29, 0.717) is 18.9 Å². The van der Waals surface area contributed by atoms with E-state index in [1.165, 1.54) is 0 Å². The fourth-order valence-electron chi connectivity index (χ4n) is 2.93. The number of alkyl carbamates (subject to hydrolysis) is 1. The topological polar surface area (TPSA) is 76.4 Å². The van der Waals surface area contributed by atoms with Crippen LogP contribution in [-0.4, -0.2) is 39.7 Å². The maximum absolute atomic E-state index is 12.0. The van der Waals surface area contributed by atoms with Crippen molar-refractivity contribution in [1.29, 1.82) is 0 Å². The summed E-state index contributed by atoms with van der Waals surface area (Å²) in [6.07, 6.45) is 4.85. The van der Waals surface area contributed by atoms with Gasteiger partial charge < -0.3 is 15.2 Å². The predicted octanol–water partition coefficient (Wildman–Crippen LogP) is 3.00. The highest BCUT2D eigenvalue weighted by molar-refractivity contribution is 5.67. The monoisotopic (exact) mass is 339 g/mol. The van der Waals surface area contributed by atoms with Gasteiger partial charge in [-0.1, -0.05) is 13.8 Å². The highest BCUT2D eigenvalue weighted by atomic mass is 16.6. The molecule has 1 aromatic heterocycles. The molecule has 0 saturated heterocycles. The highest BCUT2D eigenvalue weighted by Crippen LogP contribution is 2.30. The number of hydrogen-bond acceptors (Lipinski definition) is 4. The molecule has 0 radical (unpaired) electrons. The summed E-state index contributed by atoms with van der Waals surface area (Å²) in [5.74, 6) is 0.402. The summed E-state index contributed by atoms with van der Waals surface area (Å²) >= 11 is 0. The average molecular weight is 339 g/mol. The van der Waals surface area contributed by atoms with Crippen molar-refractivity contribution in [3.05, 3.63) is 18.0 Å². The van der Waals surface area contributed by atoms with E-state index < -0.39 is 17.1 Å². The Bertz CT molecular complexity index is 520. The van der Waals surface area contributed by atoms with Gasteiger partial charge in [0.1, 0.15) is 5.60 Å². The molecule has 6 nitrogen and oxygen atoms in total. The van der Waals surface area contributed by atoms with Gasteiger partial charge in [-0.25, -0.2) is 4.79 Å². The van der Waals surface area contributed by atoms with E-state index in [0.717, 1.165) is 18.5 Å². The second-order valence-electron chi connectivity index (χ2n) is 7.99. The van der Waals surface area contributed by atoms with Crippen LogP contribution in [0.15, 0.2) is 12.4 Å². The van der Waals surface area contributed by atoms with Crippen LogP contribution in [0.25, 0.3) is 0 Å². The van der Waals surface area contributed by atoms with Crippen LogP contribution in [0.3, 0.4) is 0 Å². The molecule has 1 amide bonds. The van der Waals surface area contributed by atoms with Crippen LogP contribution in [0, 0.1) is 11.3 Å². The van der Waals surface area contributed by atoms with Crippen molar-refractivity contribution < 1.29 is 14.6 Å². The first-order valence-corrected chi connectivity index (χ1v) is 8.68. The number of aryl methyl sites for hydroxylation is 1. The van der Waals surface area contributed by atoms with E-state index in [4.69, 9.17) is 4.74 Å². The minimum atomic E-state index is -0.535. The molecule has 6 heteroatoms. The molecule has 0 bridgehead atoms. The van der Waals surface area contributed by atoms with Crippen molar-refractivity contribution in [3.8, 4) is 0 Å². The smallest absolute Gasteiger partial charge is 0.407 e. The van der Waals surface area contributed by atoms with Crippen molar-refractivity contribution in [3.63, 3.8) is 0 Å². The molecular formula is C18H33N3O3. The Kier molecular flexibility index (Phi) is 7.27. The molecule has 0 aromatic carbocycles. The summed E-state index contributed by atoms with van der Waals surface area (Å²) in [6, 6.07) is 0. The fourth-order valence-corrected chi connectivity index (χ4v) is 2.93. The third-order valence-electron chi connectivity index (χ3n) is 3.77. The lowest BCUT2D eigenvalue weighted by atomic mass is 9.76. The third-order valence-corrected chi connectivity index (χ3v) is 3.77. The summed E-state index contributed by atoms with van der Waals surface area (Å²) in [6.45, 7) is 12.9. The molecule has 138 valence electrons. The van der Waals surface area contributed by atoms with Gasteiger partial charge in [0.2, 0.25) is 0 Å². The Morgan fingerprint density at radius 2 is 2.08 bits per heavy atom. The van der Waals surface area contributed by atoms with Crippen molar-refractivity contribution in [1.82, 2.24) is 15.1 Å². The second kappa shape index (κ2) is 8.51. The van der Waals surface area contributed by atoms with Gasteiger partial charge in [0.15, 0.2) is 0 Å². The summed E-state index contributed by atoms with van der Waals surface area (Å²) in [7, 11) is 0. The molecule has 1 aromatic rings. The van der Waals surface area contributed by atoms with Gasteiger partial charge in [0.25, 0.3) is 0 Å². The van der Waals surface area contributed by atoms with Crippen molar-refractivity contribution in [2.75, 3.05) is 13.2 Å². The number of rotatable bonds is 8. The molecule has 1 atom stereocenters. The van der Waals surface area contributed by atoms with E-state index in [1.807, 2.05) is 44.8 Å². The van der Waals surface area contributed by atoms with Crippen LogP contribution in [0.2, 0.25) is 0 Å². The Hall–Kier alpha value is -1.56. The Balaban J connectivity index is 2.82. The Morgan fingerprint density at radius 3 is 2.54 bits per heavy atom. The van der Waals surface area contributed by atoms with Gasteiger partial charge in [-0.2, -0.15) is 5.10 Å². The molecule has 0 aliphatic heterocycles. The van der Waals surface area contributed by atoms with E-state index in [-0.39, 0.29) is 6.61 Å². The van der Waals surface area contributed by atoms with Gasteiger partial charge >= 0.3 is 6.09 Å². The van der Waals surface area contributed by atoms with Gasteiger partial charge in [0.05, 0.1) is 12.8 Å². The van der Waals surface area contributed by atoms with Gasteiger partial charge in [-0.05, 0) is 52.0 Å². The minimum Gasteiger partial charge on any atom is -0.444 e. The van der Waals surface area contributed by atoms with Crippen LogP contribution < -0.4 is 5.32 Å². The maximum Gasteiger partial charge on any atom is 0.407 e. The quantitative estimate of drug-likeness (QED) is 0.763. The first-order chi connectivity index (χ1) is 11.1. The molecule has 0 aliphatic carbocycles. The van der Waals surface area contributed by atoms with E-state index in [9.17, 15) is 9.90 Å². The van der Waals surface area contributed by atoms with E-state index in [2.05, 4.69) is 24.3 Å². The maximum atomic E-state index is 12.0. The zero-order valence-electron chi connectivity index (χ0n) is 15.9. The number of hydrogen-bond donors (Lipinski definition) is 2. The van der Waals surface area contributed by atoms with Crippen LogP contribution in [0.4, 0.5) is 4.79 Å². The van der Waals surface area contributed by atoms with Crippen molar-refractivity contribution >= 4 is 6.09 Å². The normalized spacial score (nSPS) is 14.5. The van der Waals surface area contributed by atoms with E-state index >= 15 is 0 Å². The standard InChI is InChI=1S/C18H33N3O3/c1-7-21-11-15(10-20-21)9-18(13-22,8-14(2)3)12-19-16(23)24-17(4,5)6/h10-11,14,22H,7-9,12-13H2,1-6H3,(H,19,23). The average Bonchev–Trinajstić information content (AvgIpc) is 2.90. The first-order valence-electron chi connectivity index (χ1n) is 8.68. The number of carbonyl (C=O) groups excluding carboxylic acids is 1. The molecule has 0 fully saturated rings. The number of aliphatic hydroxyl groups excluding tert-OH is 1. The SMILES string of the molecule is CCn1cc(CC(CO)(CNC(=O)OC(C)(C)C)CC(C)C)cn1. The summed E-state index contributed by atoms with van der Waals surface area (Å²) in [5.41, 5.74) is 0.108. The molecular weight excluding hydrogens is 306 g/mol. The lowest BCUT2D eigenvalue weighted by molar-refractivity contribution is 0.0440. The molecule has 1 heterocycles. The van der Waals surface area contributed by atoms with Crippen LogP contribution in [0.5, 0.6) is 0 Å². The van der Waals surface area contributed by atoms with Gasteiger partial charge in [0, 0.05) is 24.7 Å². The largest absolute Gasteiger partial charge is 0.444 e. The minimum absolute atomic E-state index is 0.00170. The summed E-state index contributed by atoms with van der Waals surface area (Å²) in [5, 5.41) is 17.2. The number of carbonyl (C=O) groups is 1. The van der Waals surface area contributed by atoms with Crippen molar-refractivity contribution in [2.24, 2.45) is 11.3 Å². The zero-order valence-corrected chi connectivity index (χ0v) is 15.9. The Labute approximate surface area is 145 Å². The highest BCUT2D eigenvalue weighted by Gasteiger charge is 2.32. The van der Waals surface area contributed by atoms with Crippen LogP contribution >= 0.6 is 0 Å². The van der Waals surface area contributed by atoms with Crippen molar-refractivity contribution in [2.45, 2.75) is 66.5 Å². The number of aliphatic hydroxyl groups is 1. The summed E-state index contributed by atoms with van der Waals surface area (Å²) in [4.78, 5) is 12.0. The molecule has 2 N–H and O–H groups in total. The summed E-state index contributed by atoms with van der Waals surface area (Å²) < 4.78 is 7.18. The van der Waals surface area contributed by atoms with Crippen LogP contribution in [0.1, 0.15) is 53.5 Å². The first kappa shape index (κ1) is 20.5. The number of amides is 1. The number of ether oxygens (including phenoxy) is 1. The number of aromatic nitrogens is 2. The molecule has 24 heavy (non-hydrogen) atoms. The van der Waals surface area contributed by atoms with Gasteiger partial charge in [-0.15, -0.1) is 0 Å². The number of nitrogens with zero attached hydrogens (tertiary/aromatic N) is 2. The Morgan fingerprint density at radius 1 is 1.42 bits per heavy atom. The third kappa shape index (κ3) is 6.91. The lowest BCUT2D eigenvalue weighted by Gasteiger charge is -2.34. The molecule has 0 spiro atoms. The molecule has 1 rings (SSSR count). The molecule has 0 saturated carbocycles. The fraction of sp³-hybridized carbons (Fsp3) is 0.778. The molecule has 1 unspecified atom stereocenters. The van der Waals surface area contributed by atoms with Crippen LogP contribution in [-0.2, 0) is 17.7 Å². The van der Waals surface area contributed by atoms with Gasteiger partial charge in [-0.3, -0.25) is 4.68 Å². The lowest BCUT2D eigenvalue weighted by Crippen LogP contribution is -2.44. The predicted molar refractivity (Wildman–Crippen MR) is 94.8 cm³/mol. The van der Waals surface area contributed by atoms with E-state index in [1.54, 1.807) is 0 Å². The zero-order chi connectivity index (χ0) is 18.4. The number of nitrogens with one attached hydrogen (secondary N) is 1. The molecule has 0 aliphatic rings.